The second kappa shape index (κ2) is 7.17. The molecule has 1 aromatic carbocycles. The van der Waals surface area contributed by atoms with Gasteiger partial charge in [-0.05, 0) is 30.9 Å². The van der Waals surface area contributed by atoms with Crippen LogP contribution in [0.25, 0.3) is 0 Å². The van der Waals surface area contributed by atoms with E-state index in [1.807, 2.05) is 12.1 Å². The molecule has 0 bridgehead atoms. The smallest absolute Gasteiger partial charge is 0.305 e. The lowest BCUT2D eigenvalue weighted by atomic mass is 10.3. The fraction of sp³-hybridized carbons (Fsp3) is 0.417. The van der Waals surface area contributed by atoms with Crippen molar-refractivity contribution in [1.29, 1.82) is 0 Å². The van der Waals surface area contributed by atoms with Crippen LogP contribution >= 0.6 is 11.8 Å². The average molecular weight is 239 g/mol. The van der Waals surface area contributed by atoms with Crippen molar-refractivity contribution in [2.45, 2.75) is 17.7 Å². The van der Waals surface area contributed by atoms with Crippen LogP contribution in [0.15, 0.2) is 29.2 Å². The number of nitrogens with one attached hydrogen (secondary N) is 1. The molecule has 0 saturated carbocycles. The maximum atomic E-state index is 10.9. The number of benzene rings is 1. The van der Waals surface area contributed by atoms with Crippen molar-refractivity contribution in [1.82, 2.24) is 0 Å². The van der Waals surface area contributed by atoms with Gasteiger partial charge in [0.05, 0.1) is 7.11 Å². The van der Waals surface area contributed by atoms with Gasteiger partial charge in [-0.3, -0.25) is 4.79 Å². The molecule has 0 heterocycles. The molecule has 0 radical (unpaired) electrons. The van der Waals surface area contributed by atoms with Crippen LogP contribution in [0, 0.1) is 0 Å². The van der Waals surface area contributed by atoms with Crippen LogP contribution < -0.4 is 5.32 Å². The van der Waals surface area contributed by atoms with E-state index in [-0.39, 0.29) is 5.97 Å². The molecule has 0 saturated heterocycles. The van der Waals surface area contributed by atoms with Crippen LogP contribution in [0.4, 0.5) is 5.69 Å². The zero-order valence-corrected chi connectivity index (χ0v) is 10.5. The van der Waals surface area contributed by atoms with Gasteiger partial charge in [-0.2, -0.15) is 0 Å². The van der Waals surface area contributed by atoms with E-state index in [1.165, 1.54) is 12.0 Å². The summed E-state index contributed by atoms with van der Waals surface area (Å²) in [5, 5.41) is 3.28. The maximum absolute atomic E-state index is 10.9. The number of anilines is 1. The second-order valence-electron chi connectivity index (χ2n) is 3.34. The van der Waals surface area contributed by atoms with Gasteiger partial charge in [0.1, 0.15) is 0 Å². The normalized spacial score (nSPS) is 9.88. The standard InChI is InChI=1S/C12H17NO2S/c1-15-12(14)7-4-8-13-10-5-3-6-11(9-10)16-2/h3,5-6,9,13H,4,7-8H2,1-2H3. The highest BCUT2D eigenvalue weighted by Gasteiger charge is 1.99. The Kier molecular flexibility index (Phi) is 5.78. The molecule has 0 spiro atoms. The van der Waals surface area contributed by atoms with Crippen molar-refractivity contribution < 1.29 is 9.53 Å². The summed E-state index contributed by atoms with van der Waals surface area (Å²) < 4.78 is 4.57. The molecule has 0 aliphatic carbocycles. The van der Waals surface area contributed by atoms with E-state index in [0.29, 0.717) is 6.42 Å². The third kappa shape index (κ3) is 4.57. The summed E-state index contributed by atoms with van der Waals surface area (Å²) in [4.78, 5) is 12.1. The summed E-state index contributed by atoms with van der Waals surface area (Å²) in [7, 11) is 1.41. The molecular formula is C12H17NO2S. The molecule has 0 atom stereocenters. The third-order valence-electron chi connectivity index (χ3n) is 2.18. The largest absolute Gasteiger partial charge is 0.469 e. The van der Waals surface area contributed by atoms with E-state index in [2.05, 4.69) is 28.4 Å². The Hall–Kier alpha value is -1.16. The Morgan fingerprint density at radius 1 is 1.50 bits per heavy atom. The van der Waals surface area contributed by atoms with Gasteiger partial charge in [-0.15, -0.1) is 11.8 Å². The first kappa shape index (κ1) is 12.9. The maximum Gasteiger partial charge on any atom is 0.305 e. The van der Waals surface area contributed by atoms with Gasteiger partial charge in [0.2, 0.25) is 0 Å². The van der Waals surface area contributed by atoms with Gasteiger partial charge in [-0.1, -0.05) is 6.07 Å². The molecule has 0 amide bonds. The molecule has 1 N–H and O–H groups in total. The Labute approximate surface area is 101 Å². The lowest BCUT2D eigenvalue weighted by molar-refractivity contribution is -0.140. The third-order valence-corrected chi connectivity index (χ3v) is 2.91. The Morgan fingerprint density at radius 3 is 3.00 bits per heavy atom. The van der Waals surface area contributed by atoms with Crippen molar-refractivity contribution in [2.24, 2.45) is 0 Å². The van der Waals surface area contributed by atoms with E-state index in [9.17, 15) is 4.79 Å². The zero-order chi connectivity index (χ0) is 11.8. The fourth-order valence-corrected chi connectivity index (χ4v) is 1.76. The van der Waals surface area contributed by atoms with Crippen LogP contribution in [0.5, 0.6) is 0 Å². The van der Waals surface area contributed by atoms with E-state index in [1.54, 1.807) is 11.8 Å². The molecule has 1 rings (SSSR count). The molecule has 0 unspecified atom stereocenters. The summed E-state index contributed by atoms with van der Waals surface area (Å²) >= 11 is 1.72. The highest BCUT2D eigenvalue weighted by molar-refractivity contribution is 7.98. The van der Waals surface area contributed by atoms with Crippen LogP contribution in [0.2, 0.25) is 0 Å². The van der Waals surface area contributed by atoms with E-state index in [0.717, 1.165) is 18.7 Å². The van der Waals surface area contributed by atoms with Gasteiger partial charge >= 0.3 is 5.97 Å². The first-order valence-electron chi connectivity index (χ1n) is 5.21. The molecule has 3 nitrogen and oxygen atoms in total. The summed E-state index contributed by atoms with van der Waals surface area (Å²) in [6.45, 7) is 0.785. The Balaban J connectivity index is 2.28. The van der Waals surface area contributed by atoms with Crippen molar-refractivity contribution in [3.63, 3.8) is 0 Å². The monoisotopic (exact) mass is 239 g/mol. The zero-order valence-electron chi connectivity index (χ0n) is 9.66. The molecule has 16 heavy (non-hydrogen) atoms. The lowest BCUT2D eigenvalue weighted by Gasteiger charge is -2.06. The molecule has 88 valence electrons. The number of rotatable bonds is 6. The first-order valence-corrected chi connectivity index (χ1v) is 6.43. The number of methoxy groups -OCH3 is 1. The van der Waals surface area contributed by atoms with Crippen LogP contribution in [0.1, 0.15) is 12.8 Å². The fourth-order valence-electron chi connectivity index (χ4n) is 1.30. The summed E-state index contributed by atoms with van der Waals surface area (Å²) in [6, 6.07) is 8.22. The van der Waals surface area contributed by atoms with Gasteiger partial charge in [0, 0.05) is 23.5 Å². The van der Waals surface area contributed by atoms with Crippen molar-refractivity contribution in [3.05, 3.63) is 24.3 Å². The van der Waals surface area contributed by atoms with Crippen molar-refractivity contribution in [2.75, 3.05) is 25.2 Å². The predicted octanol–water partition coefficient (Wildman–Crippen LogP) is 2.77. The summed E-state index contributed by atoms with van der Waals surface area (Å²) in [6.07, 6.45) is 3.30. The van der Waals surface area contributed by atoms with E-state index >= 15 is 0 Å². The molecule has 0 aliphatic rings. The summed E-state index contributed by atoms with van der Waals surface area (Å²) in [5.74, 6) is -0.153. The second-order valence-corrected chi connectivity index (χ2v) is 4.22. The number of carbonyl (C=O) groups excluding carboxylic acids is 1. The first-order chi connectivity index (χ1) is 7.76. The molecule has 0 aromatic heterocycles. The SMILES string of the molecule is COC(=O)CCCNc1cccc(SC)c1. The minimum absolute atomic E-state index is 0.153. The number of hydrogen-bond donors (Lipinski definition) is 1. The Morgan fingerprint density at radius 2 is 2.31 bits per heavy atom. The van der Waals surface area contributed by atoms with Crippen LogP contribution in [0.3, 0.4) is 0 Å². The molecule has 0 fully saturated rings. The highest BCUT2D eigenvalue weighted by atomic mass is 32.2. The van der Waals surface area contributed by atoms with Crippen molar-refractivity contribution in [3.8, 4) is 0 Å². The molecule has 1 aromatic rings. The quantitative estimate of drug-likeness (QED) is 0.470. The molecule has 4 heteroatoms. The van der Waals surface area contributed by atoms with Crippen LogP contribution in [-0.2, 0) is 9.53 Å². The Bertz CT molecular complexity index is 342. The number of thioether (sulfide) groups is 1. The summed E-state index contributed by atoms with van der Waals surface area (Å²) in [5.41, 5.74) is 1.09. The van der Waals surface area contributed by atoms with E-state index in [4.69, 9.17) is 0 Å². The topological polar surface area (TPSA) is 38.3 Å². The molecule has 0 aliphatic heterocycles. The predicted molar refractivity (Wildman–Crippen MR) is 68.0 cm³/mol. The minimum atomic E-state index is -0.153. The van der Waals surface area contributed by atoms with Crippen molar-refractivity contribution >= 4 is 23.4 Å². The van der Waals surface area contributed by atoms with Gasteiger partial charge < -0.3 is 10.1 Å². The lowest BCUT2D eigenvalue weighted by Crippen LogP contribution is -2.06. The number of hydrogen-bond acceptors (Lipinski definition) is 4. The molecular weight excluding hydrogens is 222 g/mol. The number of carbonyl (C=O) groups is 1. The number of esters is 1. The van der Waals surface area contributed by atoms with Crippen LogP contribution in [-0.4, -0.2) is 25.9 Å². The highest BCUT2D eigenvalue weighted by Crippen LogP contribution is 2.18. The minimum Gasteiger partial charge on any atom is -0.469 e. The van der Waals surface area contributed by atoms with E-state index < -0.39 is 0 Å². The average Bonchev–Trinajstić information content (AvgIpc) is 2.34. The van der Waals surface area contributed by atoms with Gasteiger partial charge in [0.15, 0.2) is 0 Å². The van der Waals surface area contributed by atoms with Gasteiger partial charge in [-0.25, -0.2) is 0 Å². The number of ether oxygens (including phenoxy) is 1. The van der Waals surface area contributed by atoms with Gasteiger partial charge in [0.25, 0.3) is 0 Å².